The van der Waals surface area contributed by atoms with Gasteiger partial charge in [0, 0.05) is 17.3 Å². The zero-order valence-corrected chi connectivity index (χ0v) is 10.8. The van der Waals surface area contributed by atoms with Gasteiger partial charge in [-0.3, -0.25) is 4.79 Å². The second-order valence-corrected chi connectivity index (χ2v) is 4.93. The molecule has 1 aliphatic heterocycles. The number of carbonyl (C=O) groups is 1. The van der Waals surface area contributed by atoms with E-state index in [0.29, 0.717) is 24.5 Å². The van der Waals surface area contributed by atoms with Gasteiger partial charge in [-0.25, -0.2) is 0 Å². The molecule has 98 valence electrons. The van der Waals surface area contributed by atoms with Gasteiger partial charge >= 0.3 is 0 Å². The van der Waals surface area contributed by atoms with Gasteiger partial charge in [0.15, 0.2) is 0 Å². The molecule has 0 radical (unpaired) electrons. The highest BCUT2D eigenvalue weighted by atomic mass is 16.5. The van der Waals surface area contributed by atoms with Crippen molar-refractivity contribution < 1.29 is 9.53 Å². The van der Waals surface area contributed by atoms with Crippen molar-refractivity contribution in [3.05, 3.63) is 41.5 Å². The summed E-state index contributed by atoms with van der Waals surface area (Å²) in [6.07, 6.45) is 0. The van der Waals surface area contributed by atoms with E-state index in [1.54, 1.807) is 0 Å². The number of nitrogen functional groups attached to an aromatic ring is 1. The summed E-state index contributed by atoms with van der Waals surface area (Å²) in [5, 5.41) is 4.83. The lowest BCUT2D eigenvalue weighted by Crippen LogP contribution is -2.38. The number of rotatable bonds is 0. The highest BCUT2D eigenvalue weighted by molar-refractivity contribution is 6.10. The van der Waals surface area contributed by atoms with E-state index in [0.717, 1.165) is 16.3 Å². The zero-order chi connectivity index (χ0) is 13.4. The number of anilines is 1. The van der Waals surface area contributed by atoms with Crippen LogP contribution < -0.4 is 11.1 Å². The van der Waals surface area contributed by atoms with Crippen LogP contribution in [-0.2, 0) is 11.3 Å². The van der Waals surface area contributed by atoms with Crippen LogP contribution in [0.4, 0.5) is 5.69 Å². The summed E-state index contributed by atoms with van der Waals surface area (Å²) in [5.74, 6) is -0.0747. The van der Waals surface area contributed by atoms with Gasteiger partial charge in [0.2, 0.25) is 0 Å². The molecule has 1 aliphatic rings. The van der Waals surface area contributed by atoms with Crippen LogP contribution in [-0.4, -0.2) is 18.6 Å². The van der Waals surface area contributed by atoms with Crippen molar-refractivity contribution in [1.82, 2.24) is 5.32 Å². The van der Waals surface area contributed by atoms with Gasteiger partial charge in [-0.1, -0.05) is 24.3 Å². The number of ether oxygens (including phenoxy) is 1. The van der Waals surface area contributed by atoms with Gasteiger partial charge < -0.3 is 15.8 Å². The van der Waals surface area contributed by atoms with Gasteiger partial charge in [-0.2, -0.15) is 0 Å². The van der Waals surface area contributed by atoms with Gasteiger partial charge in [-0.05, 0) is 23.8 Å². The van der Waals surface area contributed by atoms with E-state index in [1.807, 2.05) is 37.3 Å². The summed E-state index contributed by atoms with van der Waals surface area (Å²) in [6.45, 7) is 2.80. The number of fused-ring (bicyclic) bond motifs is 3. The van der Waals surface area contributed by atoms with Crippen molar-refractivity contribution >= 4 is 22.4 Å². The summed E-state index contributed by atoms with van der Waals surface area (Å²) < 4.78 is 5.60. The first kappa shape index (κ1) is 12.0. The molecule has 4 heteroatoms. The maximum absolute atomic E-state index is 12.4. The SMILES string of the molecule is C[C@@H]1COCc2c(N)cc3ccccc3c2C(=O)N1. The van der Waals surface area contributed by atoms with Crippen molar-refractivity contribution in [2.24, 2.45) is 0 Å². The van der Waals surface area contributed by atoms with Crippen LogP contribution in [0.1, 0.15) is 22.8 Å². The smallest absolute Gasteiger partial charge is 0.252 e. The number of nitrogens with two attached hydrogens (primary N) is 1. The van der Waals surface area contributed by atoms with E-state index in [1.165, 1.54) is 0 Å². The van der Waals surface area contributed by atoms with Crippen LogP contribution in [0.2, 0.25) is 0 Å². The van der Waals surface area contributed by atoms with Crippen molar-refractivity contribution in [2.45, 2.75) is 19.6 Å². The second kappa shape index (κ2) is 4.55. The maximum atomic E-state index is 12.4. The Kier molecular flexibility index (Phi) is 2.87. The van der Waals surface area contributed by atoms with Crippen LogP contribution in [0.25, 0.3) is 10.8 Å². The normalized spacial score (nSPS) is 19.4. The second-order valence-electron chi connectivity index (χ2n) is 4.93. The van der Waals surface area contributed by atoms with Crippen molar-refractivity contribution in [3.63, 3.8) is 0 Å². The summed E-state index contributed by atoms with van der Waals surface area (Å²) >= 11 is 0. The molecule has 1 amide bonds. The van der Waals surface area contributed by atoms with Crippen molar-refractivity contribution in [2.75, 3.05) is 12.3 Å². The number of hydrogen-bond donors (Lipinski definition) is 2. The third-order valence-electron chi connectivity index (χ3n) is 3.41. The number of hydrogen-bond acceptors (Lipinski definition) is 3. The molecular weight excluding hydrogens is 240 g/mol. The van der Waals surface area contributed by atoms with Gasteiger partial charge in [-0.15, -0.1) is 0 Å². The Labute approximate surface area is 111 Å². The van der Waals surface area contributed by atoms with Crippen LogP contribution in [0, 0.1) is 0 Å². The molecular formula is C15H16N2O2. The van der Waals surface area contributed by atoms with Crippen LogP contribution >= 0.6 is 0 Å². The molecule has 2 aromatic carbocycles. The summed E-state index contributed by atoms with van der Waals surface area (Å²) in [7, 11) is 0. The van der Waals surface area contributed by atoms with Crippen LogP contribution in [0.15, 0.2) is 30.3 Å². The van der Waals surface area contributed by atoms with Crippen LogP contribution in [0.3, 0.4) is 0 Å². The molecule has 0 fully saturated rings. The molecule has 0 bridgehead atoms. The maximum Gasteiger partial charge on any atom is 0.252 e. The zero-order valence-electron chi connectivity index (χ0n) is 10.8. The standard InChI is InChI=1S/C15H16N2O2/c1-9-7-19-8-12-13(16)6-10-4-2-3-5-11(10)14(12)15(18)17-9/h2-6,9H,7-8,16H2,1H3,(H,17,18)/t9-/m1/s1. The average molecular weight is 256 g/mol. The molecule has 4 nitrogen and oxygen atoms in total. The molecule has 3 N–H and O–H groups in total. The van der Waals surface area contributed by atoms with E-state index in [4.69, 9.17) is 10.5 Å². The minimum atomic E-state index is -0.0747. The molecule has 0 saturated heterocycles. The Morgan fingerprint density at radius 2 is 2.16 bits per heavy atom. The summed E-state index contributed by atoms with van der Waals surface area (Å²) in [6, 6.07) is 9.67. The highest BCUT2D eigenvalue weighted by Crippen LogP contribution is 2.29. The molecule has 0 spiro atoms. The van der Waals surface area contributed by atoms with Crippen molar-refractivity contribution in [3.8, 4) is 0 Å². The minimum Gasteiger partial charge on any atom is -0.398 e. The van der Waals surface area contributed by atoms with Gasteiger partial charge in [0.25, 0.3) is 5.91 Å². The molecule has 3 rings (SSSR count). The Morgan fingerprint density at radius 3 is 3.00 bits per heavy atom. The summed E-state index contributed by atoms with van der Waals surface area (Å²) in [4.78, 5) is 12.4. The largest absolute Gasteiger partial charge is 0.398 e. The van der Waals surface area contributed by atoms with E-state index >= 15 is 0 Å². The molecule has 1 heterocycles. The summed E-state index contributed by atoms with van der Waals surface area (Å²) in [5.41, 5.74) is 8.10. The lowest BCUT2D eigenvalue weighted by Gasteiger charge is -2.22. The predicted molar refractivity (Wildman–Crippen MR) is 74.9 cm³/mol. The lowest BCUT2D eigenvalue weighted by molar-refractivity contribution is 0.0767. The molecule has 0 aliphatic carbocycles. The Balaban J connectivity index is 2.29. The molecule has 19 heavy (non-hydrogen) atoms. The van der Waals surface area contributed by atoms with Crippen molar-refractivity contribution in [1.29, 1.82) is 0 Å². The van der Waals surface area contributed by atoms with Crippen LogP contribution in [0.5, 0.6) is 0 Å². The van der Waals surface area contributed by atoms with E-state index in [-0.39, 0.29) is 11.9 Å². The fourth-order valence-electron chi connectivity index (χ4n) is 2.50. The Bertz CT molecular complexity index is 652. The average Bonchev–Trinajstić information content (AvgIpc) is 2.37. The van der Waals surface area contributed by atoms with E-state index < -0.39 is 0 Å². The van der Waals surface area contributed by atoms with Gasteiger partial charge in [0.05, 0.1) is 18.8 Å². The fourth-order valence-corrected chi connectivity index (χ4v) is 2.50. The Morgan fingerprint density at radius 1 is 1.37 bits per heavy atom. The highest BCUT2D eigenvalue weighted by Gasteiger charge is 2.22. The van der Waals surface area contributed by atoms with Gasteiger partial charge in [0.1, 0.15) is 0 Å². The third kappa shape index (κ3) is 2.04. The lowest BCUT2D eigenvalue weighted by atomic mass is 9.96. The predicted octanol–water partition coefficient (Wildman–Crippen LogP) is 2.07. The molecule has 0 saturated carbocycles. The minimum absolute atomic E-state index is 0.000780. The number of amides is 1. The quantitative estimate of drug-likeness (QED) is 0.709. The Hall–Kier alpha value is -2.07. The van der Waals surface area contributed by atoms with E-state index in [2.05, 4.69) is 5.32 Å². The number of benzene rings is 2. The first-order chi connectivity index (χ1) is 9.16. The van der Waals surface area contributed by atoms with E-state index in [9.17, 15) is 4.79 Å². The fraction of sp³-hybridized carbons (Fsp3) is 0.267. The number of nitrogens with one attached hydrogen (secondary N) is 1. The molecule has 1 atom stereocenters. The first-order valence-corrected chi connectivity index (χ1v) is 6.35. The monoisotopic (exact) mass is 256 g/mol. The molecule has 2 aromatic rings. The molecule has 0 unspecified atom stereocenters. The first-order valence-electron chi connectivity index (χ1n) is 6.35. The third-order valence-corrected chi connectivity index (χ3v) is 3.41. The topological polar surface area (TPSA) is 64.3 Å². The molecule has 0 aromatic heterocycles. The number of carbonyl (C=O) groups excluding carboxylic acids is 1.